The molecule has 2 unspecified atom stereocenters. The zero-order valence-corrected chi connectivity index (χ0v) is 10.1. The molecule has 2 atom stereocenters. The second-order valence-electron chi connectivity index (χ2n) is 4.30. The molecular formula is C13H12O7. The molecule has 0 heterocycles. The molecule has 0 spiro atoms. The lowest BCUT2D eigenvalue weighted by Gasteiger charge is -2.33. The molecule has 1 aliphatic carbocycles. The van der Waals surface area contributed by atoms with Crippen molar-refractivity contribution >= 4 is 5.78 Å². The molecule has 0 saturated heterocycles. The predicted octanol–water partition coefficient (Wildman–Crippen LogP) is 0.630. The van der Waals surface area contributed by atoms with E-state index in [9.17, 15) is 35.4 Å². The van der Waals surface area contributed by atoms with Crippen LogP contribution in [-0.2, 0) is 0 Å². The van der Waals surface area contributed by atoms with Crippen molar-refractivity contribution in [1.82, 2.24) is 0 Å². The SMILES string of the molecule is O=C(c1ccccc1)C1(O)C(O)=C(O)C(O)=C(O)C1O. The molecule has 20 heavy (non-hydrogen) atoms. The van der Waals surface area contributed by atoms with Crippen molar-refractivity contribution in [2.24, 2.45) is 0 Å². The van der Waals surface area contributed by atoms with E-state index in [0.29, 0.717) is 0 Å². The molecule has 0 fully saturated rings. The third-order valence-corrected chi connectivity index (χ3v) is 3.09. The van der Waals surface area contributed by atoms with Crippen LogP contribution in [0.1, 0.15) is 10.4 Å². The maximum Gasteiger partial charge on any atom is 0.222 e. The van der Waals surface area contributed by atoms with Gasteiger partial charge in [-0.05, 0) is 0 Å². The lowest BCUT2D eigenvalue weighted by Crippen LogP contribution is -2.54. The molecule has 0 aromatic heterocycles. The summed E-state index contributed by atoms with van der Waals surface area (Å²) in [5, 5.41) is 57.7. The minimum atomic E-state index is -2.98. The summed E-state index contributed by atoms with van der Waals surface area (Å²) in [4.78, 5) is 12.2. The Morgan fingerprint density at radius 2 is 1.55 bits per heavy atom. The van der Waals surface area contributed by atoms with Crippen molar-refractivity contribution in [1.29, 1.82) is 0 Å². The van der Waals surface area contributed by atoms with Crippen LogP contribution < -0.4 is 0 Å². The van der Waals surface area contributed by atoms with E-state index in [1.54, 1.807) is 6.07 Å². The molecule has 0 saturated carbocycles. The minimum absolute atomic E-state index is 0.0670. The highest BCUT2D eigenvalue weighted by atomic mass is 16.4. The summed E-state index contributed by atoms with van der Waals surface area (Å²) in [6, 6.07) is 7.20. The summed E-state index contributed by atoms with van der Waals surface area (Å²) in [7, 11) is 0. The number of Topliss-reactive ketones (excluding diaryl/α,β-unsaturated/α-hetero) is 1. The Morgan fingerprint density at radius 1 is 1.00 bits per heavy atom. The van der Waals surface area contributed by atoms with Crippen LogP contribution in [0.4, 0.5) is 0 Å². The van der Waals surface area contributed by atoms with E-state index in [4.69, 9.17) is 0 Å². The van der Waals surface area contributed by atoms with Gasteiger partial charge >= 0.3 is 0 Å². The quantitative estimate of drug-likeness (QED) is 0.437. The maximum absolute atomic E-state index is 12.2. The van der Waals surface area contributed by atoms with Crippen LogP contribution >= 0.6 is 0 Å². The molecule has 7 nitrogen and oxygen atoms in total. The lowest BCUT2D eigenvalue weighted by atomic mass is 9.81. The average molecular weight is 280 g/mol. The first-order chi connectivity index (χ1) is 9.31. The Hall–Kier alpha value is -2.51. The third kappa shape index (κ3) is 1.72. The summed E-state index contributed by atoms with van der Waals surface area (Å²) in [5.74, 6) is -6.19. The van der Waals surface area contributed by atoms with Crippen molar-refractivity contribution in [3.8, 4) is 0 Å². The molecule has 0 radical (unpaired) electrons. The summed E-state index contributed by atoms with van der Waals surface area (Å²) < 4.78 is 0. The fraction of sp³-hybridized carbons (Fsp3) is 0.154. The molecule has 2 rings (SSSR count). The zero-order chi connectivity index (χ0) is 15.1. The number of aliphatic hydroxyl groups is 6. The van der Waals surface area contributed by atoms with Crippen molar-refractivity contribution in [3.05, 3.63) is 58.9 Å². The summed E-state index contributed by atoms with van der Waals surface area (Å²) in [5.41, 5.74) is -3.05. The van der Waals surface area contributed by atoms with Gasteiger partial charge in [0, 0.05) is 5.56 Å². The number of carbonyl (C=O) groups is 1. The van der Waals surface area contributed by atoms with E-state index in [1.807, 2.05) is 0 Å². The fourth-order valence-electron chi connectivity index (χ4n) is 1.91. The van der Waals surface area contributed by atoms with E-state index in [0.717, 1.165) is 0 Å². The number of rotatable bonds is 2. The highest BCUT2D eigenvalue weighted by molar-refractivity contribution is 6.05. The number of aliphatic hydroxyl groups excluding tert-OH is 5. The molecule has 1 aliphatic rings. The normalized spacial score (nSPS) is 26.8. The topological polar surface area (TPSA) is 138 Å². The van der Waals surface area contributed by atoms with E-state index in [-0.39, 0.29) is 5.56 Å². The molecule has 106 valence electrons. The molecule has 1 aromatic rings. The van der Waals surface area contributed by atoms with Crippen LogP contribution in [0.15, 0.2) is 53.4 Å². The summed E-state index contributed by atoms with van der Waals surface area (Å²) in [6.45, 7) is 0. The smallest absolute Gasteiger partial charge is 0.222 e. The van der Waals surface area contributed by atoms with Crippen LogP contribution in [0, 0.1) is 0 Å². The van der Waals surface area contributed by atoms with E-state index >= 15 is 0 Å². The summed E-state index contributed by atoms with van der Waals surface area (Å²) >= 11 is 0. The maximum atomic E-state index is 12.2. The Balaban J connectivity index is 2.58. The van der Waals surface area contributed by atoms with Crippen molar-refractivity contribution in [3.63, 3.8) is 0 Å². The first-order valence-electron chi connectivity index (χ1n) is 5.57. The van der Waals surface area contributed by atoms with Gasteiger partial charge in [0.2, 0.25) is 22.9 Å². The van der Waals surface area contributed by atoms with E-state index in [2.05, 4.69) is 0 Å². The molecular weight excluding hydrogens is 268 g/mol. The zero-order valence-electron chi connectivity index (χ0n) is 10.1. The second-order valence-corrected chi connectivity index (χ2v) is 4.30. The van der Waals surface area contributed by atoms with Crippen LogP contribution in [0.3, 0.4) is 0 Å². The van der Waals surface area contributed by atoms with Gasteiger partial charge in [-0.2, -0.15) is 0 Å². The third-order valence-electron chi connectivity index (χ3n) is 3.09. The van der Waals surface area contributed by atoms with Crippen molar-refractivity contribution in [2.75, 3.05) is 0 Å². The van der Waals surface area contributed by atoms with Gasteiger partial charge in [0.1, 0.15) is 0 Å². The van der Waals surface area contributed by atoms with Gasteiger partial charge in [0.25, 0.3) is 0 Å². The van der Waals surface area contributed by atoms with E-state index in [1.165, 1.54) is 24.3 Å². The van der Waals surface area contributed by atoms with Gasteiger partial charge in [-0.15, -0.1) is 0 Å². The van der Waals surface area contributed by atoms with Crippen LogP contribution in [0.2, 0.25) is 0 Å². The number of carbonyl (C=O) groups excluding carboxylic acids is 1. The molecule has 6 N–H and O–H groups in total. The van der Waals surface area contributed by atoms with Gasteiger partial charge in [0.05, 0.1) is 0 Å². The largest absolute Gasteiger partial charge is 0.506 e. The van der Waals surface area contributed by atoms with Crippen molar-refractivity contribution in [2.45, 2.75) is 11.7 Å². The number of hydrogen-bond donors (Lipinski definition) is 6. The fourth-order valence-corrected chi connectivity index (χ4v) is 1.91. The first kappa shape index (κ1) is 13.9. The van der Waals surface area contributed by atoms with Gasteiger partial charge in [-0.3, -0.25) is 4.79 Å². The van der Waals surface area contributed by atoms with Crippen molar-refractivity contribution < 1.29 is 35.4 Å². The molecule has 7 heteroatoms. The van der Waals surface area contributed by atoms with Gasteiger partial charge in [-0.25, -0.2) is 0 Å². The average Bonchev–Trinajstić information content (AvgIpc) is 2.49. The highest BCUT2D eigenvalue weighted by Crippen LogP contribution is 2.35. The van der Waals surface area contributed by atoms with Gasteiger partial charge < -0.3 is 30.6 Å². The Labute approximate surface area is 113 Å². The van der Waals surface area contributed by atoms with Gasteiger partial charge in [0.15, 0.2) is 17.6 Å². The lowest BCUT2D eigenvalue weighted by molar-refractivity contribution is -0.0592. The first-order valence-corrected chi connectivity index (χ1v) is 5.57. The Kier molecular flexibility index (Phi) is 3.16. The molecule has 0 amide bonds. The standard InChI is InChI=1S/C13H12O7/c14-7-8(15)11(18)13(20,12(19)9(7)16)10(17)6-4-2-1-3-5-6/h1-5,11,14-16,18-20H. The Bertz CT molecular complexity index is 617. The summed E-state index contributed by atoms with van der Waals surface area (Å²) in [6.07, 6.45) is -2.31. The van der Waals surface area contributed by atoms with E-state index < -0.39 is 40.5 Å². The van der Waals surface area contributed by atoms with Gasteiger partial charge in [-0.1, -0.05) is 30.3 Å². The number of ketones is 1. The monoisotopic (exact) mass is 280 g/mol. The molecule has 0 aliphatic heterocycles. The minimum Gasteiger partial charge on any atom is -0.506 e. The van der Waals surface area contributed by atoms with Crippen LogP contribution in [0.5, 0.6) is 0 Å². The highest BCUT2D eigenvalue weighted by Gasteiger charge is 2.55. The van der Waals surface area contributed by atoms with Crippen LogP contribution in [0.25, 0.3) is 0 Å². The number of hydrogen-bond acceptors (Lipinski definition) is 7. The van der Waals surface area contributed by atoms with Crippen LogP contribution in [-0.4, -0.2) is 48.1 Å². The molecule has 1 aromatic carbocycles. The predicted molar refractivity (Wildman–Crippen MR) is 66.3 cm³/mol. The Morgan fingerprint density at radius 3 is 2.10 bits per heavy atom. The molecule has 0 bridgehead atoms. The number of benzene rings is 1. The second kappa shape index (κ2) is 4.55.